The van der Waals surface area contributed by atoms with Crippen LogP contribution in [0.2, 0.25) is 0 Å². The summed E-state index contributed by atoms with van der Waals surface area (Å²) >= 11 is 0. The lowest BCUT2D eigenvalue weighted by Gasteiger charge is -2.14. The number of aliphatic hydroxyl groups excluding tert-OH is 1. The molecule has 0 fully saturated rings. The molecule has 2 rings (SSSR count). The monoisotopic (exact) mass is 237 g/mol. The van der Waals surface area contributed by atoms with Gasteiger partial charge in [-0.15, -0.1) is 0 Å². The van der Waals surface area contributed by atoms with E-state index in [1.165, 1.54) is 0 Å². The highest BCUT2D eigenvalue weighted by Gasteiger charge is 2.16. The van der Waals surface area contributed by atoms with Crippen molar-refractivity contribution in [2.75, 3.05) is 13.4 Å². The highest BCUT2D eigenvalue weighted by Crippen LogP contribution is 2.35. The second kappa shape index (κ2) is 5.89. The zero-order valence-electron chi connectivity index (χ0n) is 10.1. The summed E-state index contributed by atoms with van der Waals surface area (Å²) in [4.78, 5) is 0. The molecule has 0 aromatic heterocycles. The van der Waals surface area contributed by atoms with Gasteiger partial charge in [0, 0.05) is 24.8 Å². The van der Waals surface area contributed by atoms with Crippen LogP contribution in [0.3, 0.4) is 0 Å². The zero-order chi connectivity index (χ0) is 12.1. The first kappa shape index (κ1) is 12.2. The smallest absolute Gasteiger partial charge is 0.231 e. The molecule has 0 saturated heterocycles. The van der Waals surface area contributed by atoms with Crippen LogP contribution in [-0.2, 0) is 6.54 Å². The van der Waals surface area contributed by atoms with Crippen molar-refractivity contribution in [3.63, 3.8) is 0 Å². The molecule has 0 spiro atoms. The summed E-state index contributed by atoms with van der Waals surface area (Å²) in [6, 6.07) is 6.32. The summed E-state index contributed by atoms with van der Waals surface area (Å²) in [6.45, 7) is 3.45. The van der Waals surface area contributed by atoms with Gasteiger partial charge in [-0.2, -0.15) is 0 Å². The second-order valence-electron chi connectivity index (χ2n) is 4.30. The molecule has 4 heteroatoms. The third-order valence-electron chi connectivity index (χ3n) is 2.91. The van der Waals surface area contributed by atoms with Crippen molar-refractivity contribution in [1.82, 2.24) is 5.32 Å². The van der Waals surface area contributed by atoms with Gasteiger partial charge in [-0.1, -0.05) is 12.1 Å². The highest BCUT2D eigenvalue weighted by atomic mass is 16.7. The summed E-state index contributed by atoms with van der Waals surface area (Å²) in [5.41, 5.74) is 1.12. The molecule has 0 aliphatic carbocycles. The van der Waals surface area contributed by atoms with E-state index in [0.29, 0.717) is 12.8 Å². The standard InChI is InChI=1S/C13H19NO3/c1-10(4-3-7-15)14-8-11-5-2-6-12-13(11)17-9-16-12/h2,5-6,10,14-15H,3-4,7-9H2,1H3. The maximum absolute atomic E-state index is 8.76. The molecule has 1 aromatic rings. The average Bonchev–Trinajstić information content (AvgIpc) is 2.82. The first-order valence-corrected chi connectivity index (χ1v) is 6.03. The van der Waals surface area contributed by atoms with Gasteiger partial charge in [0.15, 0.2) is 11.5 Å². The molecule has 0 radical (unpaired) electrons. The molecule has 0 bridgehead atoms. The zero-order valence-corrected chi connectivity index (χ0v) is 10.1. The van der Waals surface area contributed by atoms with Gasteiger partial charge >= 0.3 is 0 Å². The van der Waals surface area contributed by atoms with Crippen LogP contribution in [0.25, 0.3) is 0 Å². The van der Waals surface area contributed by atoms with E-state index in [0.717, 1.165) is 36.4 Å². The minimum atomic E-state index is 0.254. The third kappa shape index (κ3) is 3.11. The molecule has 1 aliphatic heterocycles. The maximum atomic E-state index is 8.76. The number of hydrogen-bond donors (Lipinski definition) is 2. The fourth-order valence-corrected chi connectivity index (χ4v) is 1.91. The van der Waals surface area contributed by atoms with E-state index < -0.39 is 0 Å². The van der Waals surface area contributed by atoms with E-state index in [1.54, 1.807) is 0 Å². The Kier molecular flexibility index (Phi) is 4.23. The van der Waals surface area contributed by atoms with Crippen LogP contribution < -0.4 is 14.8 Å². The molecular weight excluding hydrogens is 218 g/mol. The van der Waals surface area contributed by atoms with Crippen LogP contribution in [0.1, 0.15) is 25.3 Å². The van der Waals surface area contributed by atoms with Gasteiger partial charge in [-0.3, -0.25) is 0 Å². The lowest BCUT2D eigenvalue weighted by molar-refractivity contribution is 0.173. The number of aliphatic hydroxyl groups is 1. The van der Waals surface area contributed by atoms with E-state index in [-0.39, 0.29) is 6.61 Å². The van der Waals surface area contributed by atoms with Crippen molar-refractivity contribution >= 4 is 0 Å². The molecule has 0 amide bonds. The Morgan fingerprint density at radius 2 is 2.29 bits per heavy atom. The van der Waals surface area contributed by atoms with Crippen LogP contribution >= 0.6 is 0 Å². The average molecular weight is 237 g/mol. The van der Waals surface area contributed by atoms with Crippen molar-refractivity contribution < 1.29 is 14.6 Å². The van der Waals surface area contributed by atoms with Crippen LogP contribution in [-0.4, -0.2) is 24.5 Å². The third-order valence-corrected chi connectivity index (χ3v) is 2.91. The molecule has 0 saturated carbocycles. The van der Waals surface area contributed by atoms with Gasteiger partial charge in [0.25, 0.3) is 0 Å². The Morgan fingerprint density at radius 3 is 3.12 bits per heavy atom. The van der Waals surface area contributed by atoms with Crippen molar-refractivity contribution in [1.29, 1.82) is 0 Å². The van der Waals surface area contributed by atoms with Gasteiger partial charge in [-0.05, 0) is 25.8 Å². The summed E-state index contributed by atoms with van der Waals surface area (Å²) < 4.78 is 10.8. The van der Waals surface area contributed by atoms with Crippen LogP contribution in [0.4, 0.5) is 0 Å². The molecule has 1 unspecified atom stereocenters. The number of nitrogens with one attached hydrogen (secondary N) is 1. The Hall–Kier alpha value is -1.26. The number of fused-ring (bicyclic) bond motifs is 1. The molecule has 4 nitrogen and oxygen atoms in total. The fraction of sp³-hybridized carbons (Fsp3) is 0.538. The maximum Gasteiger partial charge on any atom is 0.231 e. The first-order valence-electron chi connectivity index (χ1n) is 6.03. The van der Waals surface area contributed by atoms with E-state index in [2.05, 4.69) is 12.2 Å². The number of para-hydroxylation sites is 1. The summed E-state index contributed by atoms with van der Waals surface area (Å²) in [6.07, 6.45) is 1.81. The van der Waals surface area contributed by atoms with Crippen molar-refractivity contribution in [2.24, 2.45) is 0 Å². The second-order valence-corrected chi connectivity index (χ2v) is 4.30. The quantitative estimate of drug-likeness (QED) is 0.790. The minimum Gasteiger partial charge on any atom is -0.454 e. The number of ether oxygens (including phenoxy) is 2. The molecule has 1 aliphatic rings. The summed E-state index contributed by atoms with van der Waals surface area (Å²) in [5, 5.41) is 12.2. The predicted molar refractivity (Wildman–Crippen MR) is 65.2 cm³/mol. The van der Waals surface area contributed by atoms with Crippen LogP contribution in [0.15, 0.2) is 18.2 Å². The first-order chi connectivity index (χ1) is 8.31. The largest absolute Gasteiger partial charge is 0.454 e. The molecule has 2 N–H and O–H groups in total. The summed E-state index contributed by atoms with van der Waals surface area (Å²) in [5.74, 6) is 1.68. The van der Waals surface area contributed by atoms with Gasteiger partial charge in [-0.25, -0.2) is 0 Å². The van der Waals surface area contributed by atoms with Crippen LogP contribution in [0.5, 0.6) is 11.5 Å². The molecule has 17 heavy (non-hydrogen) atoms. The minimum absolute atomic E-state index is 0.254. The van der Waals surface area contributed by atoms with E-state index >= 15 is 0 Å². The van der Waals surface area contributed by atoms with E-state index in [1.807, 2.05) is 18.2 Å². The normalized spacial score (nSPS) is 14.9. The van der Waals surface area contributed by atoms with E-state index in [4.69, 9.17) is 14.6 Å². The van der Waals surface area contributed by atoms with Crippen molar-refractivity contribution in [2.45, 2.75) is 32.4 Å². The van der Waals surface area contributed by atoms with Crippen molar-refractivity contribution in [3.05, 3.63) is 23.8 Å². The topological polar surface area (TPSA) is 50.7 Å². The Morgan fingerprint density at radius 1 is 1.41 bits per heavy atom. The lowest BCUT2D eigenvalue weighted by Crippen LogP contribution is -2.25. The Balaban J connectivity index is 1.89. The number of hydrogen-bond acceptors (Lipinski definition) is 4. The number of rotatable bonds is 6. The lowest BCUT2D eigenvalue weighted by atomic mass is 10.1. The van der Waals surface area contributed by atoms with Crippen molar-refractivity contribution in [3.8, 4) is 11.5 Å². The summed E-state index contributed by atoms with van der Waals surface area (Å²) in [7, 11) is 0. The Labute approximate surface area is 102 Å². The SMILES string of the molecule is CC(CCCO)NCc1cccc2c1OCO2. The molecule has 1 atom stereocenters. The molecule has 1 aromatic carbocycles. The van der Waals surface area contributed by atoms with Gasteiger partial charge in [0.2, 0.25) is 6.79 Å². The van der Waals surface area contributed by atoms with Gasteiger partial charge in [0.1, 0.15) is 0 Å². The van der Waals surface area contributed by atoms with Crippen LogP contribution in [0, 0.1) is 0 Å². The Bertz CT molecular complexity index is 368. The fourth-order valence-electron chi connectivity index (χ4n) is 1.91. The molecular formula is C13H19NO3. The van der Waals surface area contributed by atoms with E-state index in [9.17, 15) is 0 Å². The highest BCUT2D eigenvalue weighted by molar-refractivity contribution is 5.48. The molecule has 94 valence electrons. The predicted octanol–water partition coefficient (Wildman–Crippen LogP) is 1.67. The van der Waals surface area contributed by atoms with Gasteiger partial charge in [0.05, 0.1) is 0 Å². The number of benzene rings is 1. The molecule has 1 heterocycles. The van der Waals surface area contributed by atoms with Gasteiger partial charge < -0.3 is 19.9 Å².